The first kappa shape index (κ1) is 14.0. The topological polar surface area (TPSA) is 46.5 Å². The fraction of sp³-hybridized carbons (Fsp3) is 0.267. The van der Waals surface area contributed by atoms with Crippen molar-refractivity contribution in [3.63, 3.8) is 0 Å². The maximum Gasteiger partial charge on any atom is 0.342 e. The number of benzene rings is 1. The van der Waals surface area contributed by atoms with Gasteiger partial charge in [0.15, 0.2) is 5.60 Å². The molecule has 0 amide bonds. The van der Waals surface area contributed by atoms with Crippen LogP contribution in [0.25, 0.3) is 5.57 Å². The summed E-state index contributed by atoms with van der Waals surface area (Å²) in [5.74, 6) is -0.601. The number of allylic oxidation sites excluding steroid dienone is 2. The van der Waals surface area contributed by atoms with Gasteiger partial charge in [0.25, 0.3) is 0 Å². The summed E-state index contributed by atoms with van der Waals surface area (Å²) < 4.78 is 5.86. The molecule has 1 aromatic rings. The number of hydrogen-bond donors (Lipinski definition) is 1. The molecule has 4 heteroatoms. The molecule has 0 saturated carbocycles. The molecule has 0 radical (unpaired) electrons. The van der Waals surface area contributed by atoms with E-state index in [1.54, 1.807) is 13.0 Å². The third kappa shape index (κ3) is 3.14. The number of ether oxygens (including phenoxy) is 1. The molecule has 1 aromatic carbocycles. The van der Waals surface area contributed by atoms with E-state index in [9.17, 15) is 9.90 Å². The summed E-state index contributed by atoms with van der Waals surface area (Å²) in [5, 5.41) is 10.2. The number of hydrogen-bond acceptors (Lipinski definition) is 3. The largest absolute Gasteiger partial charge is 0.464 e. The Morgan fingerprint density at radius 3 is 2.89 bits per heavy atom. The fourth-order valence-corrected chi connectivity index (χ4v) is 2.32. The first-order valence-electron chi connectivity index (χ1n) is 6.10. The zero-order chi connectivity index (χ0) is 13.9. The van der Waals surface area contributed by atoms with E-state index in [-0.39, 0.29) is 13.0 Å². The molecule has 0 heterocycles. The summed E-state index contributed by atoms with van der Waals surface area (Å²) >= 11 is 3.42. The molecule has 100 valence electrons. The van der Waals surface area contributed by atoms with Crippen LogP contribution in [0.15, 0.2) is 47.0 Å². The lowest BCUT2D eigenvalue weighted by atomic mass is 9.89. The van der Waals surface area contributed by atoms with Crippen molar-refractivity contribution in [1.29, 1.82) is 0 Å². The van der Waals surface area contributed by atoms with Crippen LogP contribution in [0.2, 0.25) is 0 Å². The van der Waals surface area contributed by atoms with Crippen LogP contribution >= 0.6 is 15.9 Å². The maximum atomic E-state index is 11.7. The van der Waals surface area contributed by atoms with Crippen molar-refractivity contribution in [1.82, 2.24) is 0 Å². The molecule has 0 spiro atoms. The van der Waals surface area contributed by atoms with Crippen LogP contribution in [0.3, 0.4) is 0 Å². The highest BCUT2D eigenvalue weighted by Gasteiger charge is 2.35. The highest BCUT2D eigenvalue weighted by atomic mass is 79.9. The minimum absolute atomic E-state index is 0.226. The van der Waals surface area contributed by atoms with Gasteiger partial charge in [-0.1, -0.05) is 40.2 Å². The third-order valence-electron chi connectivity index (χ3n) is 2.96. The smallest absolute Gasteiger partial charge is 0.342 e. The number of aliphatic hydroxyl groups is 1. The van der Waals surface area contributed by atoms with Crippen molar-refractivity contribution in [2.75, 3.05) is 6.61 Å². The Kier molecular flexibility index (Phi) is 4.22. The van der Waals surface area contributed by atoms with Crippen LogP contribution in [0.1, 0.15) is 18.9 Å². The lowest BCUT2D eigenvalue weighted by molar-refractivity contribution is -0.159. The Hall–Kier alpha value is -1.39. The van der Waals surface area contributed by atoms with Crippen molar-refractivity contribution in [3.05, 3.63) is 52.5 Å². The van der Waals surface area contributed by atoms with E-state index >= 15 is 0 Å². The molecule has 1 N–H and O–H groups in total. The molecule has 19 heavy (non-hydrogen) atoms. The first-order chi connectivity index (χ1) is 9.05. The van der Waals surface area contributed by atoms with E-state index in [4.69, 9.17) is 4.74 Å². The van der Waals surface area contributed by atoms with Crippen LogP contribution < -0.4 is 0 Å². The quantitative estimate of drug-likeness (QED) is 0.870. The standard InChI is InChI=1S/C15H15BrO3/c1-2-19-14(17)15(18)8-6-11(7-9-15)12-4-3-5-13(16)10-12/h3-8,10,18H,2,9H2,1H3. The minimum Gasteiger partial charge on any atom is -0.464 e. The summed E-state index contributed by atoms with van der Waals surface area (Å²) in [6.07, 6.45) is 5.33. The van der Waals surface area contributed by atoms with Gasteiger partial charge in [-0.2, -0.15) is 0 Å². The second-order valence-electron chi connectivity index (χ2n) is 4.35. The fourth-order valence-electron chi connectivity index (χ4n) is 1.92. The average molecular weight is 323 g/mol. The SMILES string of the molecule is CCOC(=O)C1(O)C=CC(c2cccc(Br)c2)=CC1. The lowest BCUT2D eigenvalue weighted by Crippen LogP contribution is -2.38. The Bertz CT molecular complexity index is 548. The molecule has 0 fully saturated rings. The Balaban J connectivity index is 2.17. The maximum absolute atomic E-state index is 11.7. The van der Waals surface area contributed by atoms with Crippen LogP contribution in [0, 0.1) is 0 Å². The highest BCUT2D eigenvalue weighted by Crippen LogP contribution is 2.28. The molecule has 0 saturated heterocycles. The lowest BCUT2D eigenvalue weighted by Gasteiger charge is -2.24. The summed E-state index contributed by atoms with van der Waals surface area (Å²) in [5.41, 5.74) is 0.484. The van der Waals surface area contributed by atoms with Crippen LogP contribution in [0.5, 0.6) is 0 Å². The van der Waals surface area contributed by atoms with Gasteiger partial charge < -0.3 is 9.84 Å². The Labute approximate surface area is 120 Å². The van der Waals surface area contributed by atoms with Crippen LogP contribution in [0.4, 0.5) is 0 Å². The van der Waals surface area contributed by atoms with Crippen molar-refractivity contribution < 1.29 is 14.6 Å². The molecule has 3 nitrogen and oxygen atoms in total. The first-order valence-corrected chi connectivity index (χ1v) is 6.89. The summed E-state index contributed by atoms with van der Waals surface area (Å²) in [6.45, 7) is 1.98. The van der Waals surface area contributed by atoms with Gasteiger partial charge in [0.1, 0.15) is 0 Å². The molecular weight excluding hydrogens is 308 g/mol. The zero-order valence-electron chi connectivity index (χ0n) is 10.6. The molecule has 1 aliphatic carbocycles. The molecule has 2 rings (SSSR count). The highest BCUT2D eigenvalue weighted by molar-refractivity contribution is 9.10. The van der Waals surface area contributed by atoms with E-state index in [2.05, 4.69) is 15.9 Å². The molecule has 1 unspecified atom stereocenters. The number of rotatable bonds is 3. The molecular formula is C15H15BrO3. The average Bonchev–Trinajstić information content (AvgIpc) is 2.40. The molecule has 0 aliphatic heterocycles. The normalized spacial score (nSPS) is 21.9. The number of carbonyl (C=O) groups is 1. The molecule has 1 atom stereocenters. The number of esters is 1. The third-order valence-corrected chi connectivity index (χ3v) is 3.45. The minimum atomic E-state index is -1.54. The van der Waals surface area contributed by atoms with E-state index in [0.717, 1.165) is 15.6 Å². The summed E-state index contributed by atoms with van der Waals surface area (Å²) in [6, 6.07) is 7.87. The second kappa shape index (κ2) is 5.72. The Morgan fingerprint density at radius 2 is 2.32 bits per heavy atom. The van der Waals surface area contributed by atoms with E-state index in [1.165, 1.54) is 6.08 Å². The molecule has 0 bridgehead atoms. The number of halogens is 1. The van der Waals surface area contributed by atoms with Gasteiger partial charge in [-0.25, -0.2) is 4.79 Å². The monoisotopic (exact) mass is 322 g/mol. The van der Waals surface area contributed by atoms with E-state index < -0.39 is 11.6 Å². The van der Waals surface area contributed by atoms with Crippen molar-refractivity contribution in [2.45, 2.75) is 18.9 Å². The van der Waals surface area contributed by atoms with E-state index in [0.29, 0.717) is 0 Å². The van der Waals surface area contributed by atoms with Gasteiger partial charge in [0, 0.05) is 10.9 Å². The van der Waals surface area contributed by atoms with Crippen molar-refractivity contribution in [2.24, 2.45) is 0 Å². The van der Waals surface area contributed by atoms with Crippen molar-refractivity contribution >= 4 is 27.5 Å². The molecule has 0 aromatic heterocycles. The summed E-state index contributed by atoms with van der Waals surface area (Å²) in [7, 11) is 0. The van der Waals surface area contributed by atoms with E-state index in [1.807, 2.05) is 30.3 Å². The zero-order valence-corrected chi connectivity index (χ0v) is 12.2. The van der Waals surface area contributed by atoms with Gasteiger partial charge in [0.2, 0.25) is 0 Å². The van der Waals surface area contributed by atoms with Gasteiger partial charge in [-0.15, -0.1) is 0 Å². The van der Waals surface area contributed by atoms with Crippen LogP contribution in [-0.2, 0) is 9.53 Å². The predicted molar refractivity (Wildman–Crippen MR) is 77.5 cm³/mol. The second-order valence-corrected chi connectivity index (χ2v) is 5.27. The predicted octanol–water partition coefficient (Wildman–Crippen LogP) is 3.09. The number of carbonyl (C=O) groups excluding carboxylic acids is 1. The van der Waals surface area contributed by atoms with Gasteiger partial charge in [-0.3, -0.25) is 0 Å². The van der Waals surface area contributed by atoms with Crippen molar-refractivity contribution in [3.8, 4) is 0 Å². The van der Waals surface area contributed by atoms with Crippen LogP contribution in [-0.4, -0.2) is 23.3 Å². The summed E-state index contributed by atoms with van der Waals surface area (Å²) in [4.78, 5) is 11.7. The Morgan fingerprint density at radius 1 is 1.53 bits per heavy atom. The van der Waals surface area contributed by atoms with Gasteiger partial charge in [-0.05, 0) is 36.3 Å². The molecule has 1 aliphatic rings. The van der Waals surface area contributed by atoms with Gasteiger partial charge in [0.05, 0.1) is 6.61 Å². The van der Waals surface area contributed by atoms with Gasteiger partial charge >= 0.3 is 5.97 Å².